The zero-order valence-electron chi connectivity index (χ0n) is 13.1. The Labute approximate surface area is 128 Å². The maximum Gasteiger partial charge on any atom is 0.0863 e. The largest absolute Gasteiger partial charge is 0.311 e. The first-order valence-corrected chi connectivity index (χ1v) is 8.42. The van der Waals surface area contributed by atoms with Crippen molar-refractivity contribution in [3.05, 3.63) is 16.4 Å². The van der Waals surface area contributed by atoms with Gasteiger partial charge >= 0.3 is 0 Å². The summed E-state index contributed by atoms with van der Waals surface area (Å²) in [5.74, 6) is 0. The zero-order chi connectivity index (χ0) is 14.6. The molecule has 4 heteroatoms. The van der Waals surface area contributed by atoms with Gasteiger partial charge in [0.2, 0.25) is 0 Å². The van der Waals surface area contributed by atoms with Gasteiger partial charge in [-0.05, 0) is 31.6 Å². The monoisotopic (exact) mass is 297 g/mol. The quantitative estimate of drug-likeness (QED) is 0.853. The predicted octanol–water partition coefficient (Wildman–Crippen LogP) is 4.18. The van der Waals surface area contributed by atoms with E-state index in [4.69, 9.17) is 11.6 Å². The molecule has 0 atom stereocenters. The van der Waals surface area contributed by atoms with Gasteiger partial charge in [0.05, 0.1) is 16.4 Å². The fourth-order valence-electron chi connectivity index (χ4n) is 3.25. The number of aryl methyl sites for hydroxylation is 2. The van der Waals surface area contributed by atoms with Gasteiger partial charge in [0.15, 0.2) is 0 Å². The lowest BCUT2D eigenvalue weighted by Gasteiger charge is -2.33. The highest BCUT2D eigenvalue weighted by atomic mass is 35.5. The smallest absolute Gasteiger partial charge is 0.0863 e. The fraction of sp³-hybridized carbons (Fsp3) is 0.812. The molecule has 2 rings (SSSR count). The zero-order valence-corrected chi connectivity index (χ0v) is 13.9. The second kappa shape index (κ2) is 6.95. The van der Waals surface area contributed by atoms with Crippen molar-refractivity contribution in [2.75, 3.05) is 6.54 Å². The third-order valence-corrected chi connectivity index (χ3v) is 5.04. The Kier molecular flexibility index (Phi) is 5.50. The summed E-state index contributed by atoms with van der Waals surface area (Å²) in [6.45, 7) is 9.43. The highest BCUT2D eigenvalue weighted by molar-refractivity contribution is 6.31. The van der Waals surface area contributed by atoms with E-state index in [1.165, 1.54) is 32.1 Å². The van der Waals surface area contributed by atoms with E-state index in [-0.39, 0.29) is 0 Å². The second-order valence-corrected chi connectivity index (χ2v) is 6.73. The van der Waals surface area contributed by atoms with Gasteiger partial charge in [0, 0.05) is 19.6 Å². The molecule has 1 aromatic heterocycles. The molecule has 1 saturated carbocycles. The van der Waals surface area contributed by atoms with Gasteiger partial charge in [-0.1, -0.05) is 44.7 Å². The van der Waals surface area contributed by atoms with E-state index in [1.807, 2.05) is 4.68 Å². The molecule has 114 valence electrons. The molecule has 1 fully saturated rings. The van der Waals surface area contributed by atoms with E-state index in [0.717, 1.165) is 42.5 Å². The Morgan fingerprint density at radius 1 is 1.25 bits per heavy atom. The van der Waals surface area contributed by atoms with E-state index >= 15 is 0 Å². The summed E-state index contributed by atoms with van der Waals surface area (Å²) in [6, 6.07) is 0. The topological polar surface area (TPSA) is 29.9 Å². The first-order valence-electron chi connectivity index (χ1n) is 8.04. The number of halogens is 1. The molecule has 3 nitrogen and oxygen atoms in total. The number of aromatic nitrogens is 2. The van der Waals surface area contributed by atoms with Crippen LogP contribution in [0.15, 0.2) is 0 Å². The van der Waals surface area contributed by atoms with Crippen LogP contribution in [0.25, 0.3) is 0 Å². The lowest BCUT2D eigenvalue weighted by atomic mass is 9.76. The molecular weight excluding hydrogens is 270 g/mol. The van der Waals surface area contributed by atoms with Crippen molar-refractivity contribution >= 4 is 11.6 Å². The third-order valence-electron chi connectivity index (χ3n) is 4.60. The lowest BCUT2D eigenvalue weighted by molar-refractivity contribution is 0.207. The standard InChI is InChI=1S/C16H28ClN3/c1-4-13-15(17)14(20(5-2)19-13)11-18-12-16(3)9-7-6-8-10-16/h18H,4-12H2,1-3H3. The molecule has 0 aliphatic heterocycles. The highest BCUT2D eigenvalue weighted by Gasteiger charge is 2.26. The van der Waals surface area contributed by atoms with E-state index < -0.39 is 0 Å². The Hall–Kier alpha value is -0.540. The number of hydrogen-bond acceptors (Lipinski definition) is 2. The summed E-state index contributed by atoms with van der Waals surface area (Å²) in [5, 5.41) is 9.05. The average Bonchev–Trinajstić information content (AvgIpc) is 2.76. The number of nitrogens with zero attached hydrogens (tertiary/aromatic N) is 2. The molecule has 1 aliphatic rings. The van der Waals surface area contributed by atoms with Crippen LogP contribution in [0.5, 0.6) is 0 Å². The van der Waals surface area contributed by atoms with Crippen LogP contribution >= 0.6 is 11.6 Å². The van der Waals surface area contributed by atoms with E-state index in [9.17, 15) is 0 Å². The van der Waals surface area contributed by atoms with Gasteiger partial charge in [-0.2, -0.15) is 5.10 Å². The molecule has 20 heavy (non-hydrogen) atoms. The van der Waals surface area contributed by atoms with Gasteiger partial charge in [0.1, 0.15) is 0 Å². The molecule has 1 aromatic rings. The first-order chi connectivity index (χ1) is 9.59. The maximum atomic E-state index is 6.44. The van der Waals surface area contributed by atoms with Gasteiger partial charge in [-0.25, -0.2) is 0 Å². The summed E-state index contributed by atoms with van der Waals surface area (Å²) < 4.78 is 2.04. The van der Waals surface area contributed by atoms with Crippen LogP contribution in [-0.2, 0) is 19.5 Å². The summed E-state index contributed by atoms with van der Waals surface area (Å²) in [5.41, 5.74) is 2.63. The SMILES string of the molecule is CCc1nn(CC)c(CNCC2(C)CCCCC2)c1Cl. The molecule has 0 unspecified atom stereocenters. The number of nitrogens with one attached hydrogen (secondary N) is 1. The molecule has 0 amide bonds. The van der Waals surface area contributed by atoms with Crippen molar-refractivity contribution in [3.8, 4) is 0 Å². The van der Waals surface area contributed by atoms with E-state index in [2.05, 4.69) is 31.2 Å². The normalized spacial score (nSPS) is 18.4. The maximum absolute atomic E-state index is 6.44. The van der Waals surface area contributed by atoms with Crippen LogP contribution in [0, 0.1) is 5.41 Å². The van der Waals surface area contributed by atoms with Crippen LogP contribution in [0.4, 0.5) is 0 Å². The van der Waals surface area contributed by atoms with Crippen LogP contribution in [-0.4, -0.2) is 16.3 Å². The van der Waals surface area contributed by atoms with E-state index in [0.29, 0.717) is 5.41 Å². The van der Waals surface area contributed by atoms with Gasteiger partial charge in [0.25, 0.3) is 0 Å². The van der Waals surface area contributed by atoms with Crippen LogP contribution < -0.4 is 5.32 Å². The molecular formula is C16H28ClN3. The van der Waals surface area contributed by atoms with Gasteiger partial charge in [-0.3, -0.25) is 4.68 Å². The summed E-state index contributed by atoms with van der Waals surface area (Å²) in [6.07, 6.45) is 7.76. The van der Waals surface area contributed by atoms with Crippen molar-refractivity contribution < 1.29 is 0 Å². The predicted molar refractivity (Wildman–Crippen MR) is 85.2 cm³/mol. The minimum Gasteiger partial charge on any atom is -0.311 e. The molecule has 0 spiro atoms. The summed E-state index contributed by atoms with van der Waals surface area (Å²) >= 11 is 6.44. The van der Waals surface area contributed by atoms with Crippen LogP contribution in [0.1, 0.15) is 64.3 Å². The number of hydrogen-bond donors (Lipinski definition) is 1. The first kappa shape index (κ1) is 15.8. The fourth-order valence-corrected chi connectivity index (χ4v) is 3.59. The summed E-state index contributed by atoms with van der Waals surface area (Å²) in [4.78, 5) is 0. The van der Waals surface area contributed by atoms with E-state index in [1.54, 1.807) is 0 Å². The molecule has 0 bridgehead atoms. The minimum atomic E-state index is 0.468. The van der Waals surface area contributed by atoms with Crippen molar-refractivity contribution in [2.24, 2.45) is 5.41 Å². The Morgan fingerprint density at radius 2 is 1.95 bits per heavy atom. The third kappa shape index (κ3) is 3.56. The van der Waals surface area contributed by atoms with Crippen molar-refractivity contribution in [3.63, 3.8) is 0 Å². The van der Waals surface area contributed by atoms with Gasteiger partial charge in [-0.15, -0.1) is 0 Å². The Bertz CT molecular complexity index is 433. The van der Waals surface area contributed by atoms with Crippen molar-refractivity contribution in [2.45, 2.75) is 72.4 Å². The molecule has 0 aromatic carbocycles. The molecule has 0 saturated heterocycles. The summed E-state index contributed by atoms with van der Waals surface area (Å²) in [7, 11) is 0. The van der Waals surface area contributed by atoms with Crippen molar-refractivity contribution in [1.29, 1.82) is 0 Å². The molecule has 1 heterocycles. The number of rotatable bonds is 6. The Balaban J connectivity index is 1.95. The van der Waals surface area contributed by atoms with Crippen LogP contribution in [0.3, 0.4) is 0 Å². The van der Waals surface area contributed by atoms with Gasteiger partial charge < -0.3 is 5.32 Å². The highest BCUT2D eigenvalue weighted by Crippen LogP contribution is 2.35. The van der Waals surface area contributed by atoms with Crippen LogP contribution in [0.2, 0.25) is 5.02 Å². The second-order valence-electron chi connectivity index (χ2n) is 6.35. The molecule has 0 radical (unpaired) electrons. The molecule has 1 aliphatic carbocycles. The minimum absolute atomic E-state index is 0.468. The molecule has 1 N–H and O–H groups in total. The lowest BCUT2D eigenvalue weighted by Crippen LogP contribution is -2.33. The Morgan fingerprint density at radius 3 is 2.55 bits per heavy atom. The average molecular weight is 298 g/mol. The van der Waals surface area contributed by atoms with Crippen molar-refractivity contribution in [1.82, 2.24) is 15.1 Å².